The lowest BCUT2D eigenvalue weighted by molar-refractivity contribution is -0.137. The van der Waals surface area contributed by atoms with Crippen LogP contribution in [-0.2, 0) is 17.5 Å². The molecule has 0 radical (unpaired) electrons. The van der Waals surface area contributed by atoms with Gasteiger partial charge in [-0.1, -0.05) is 12.1 Å². The minimum absolute atomic E-state index is 0.189. The largest absolute Gasteiger partial charge is 0.497 e. The van der Waals surface area contributed by atoms with Crippen LogP contribution in [0, 0.1) is 6.92 Å². The van der Waals surface area contributed by atoms with E-state index in [0.29, 0.717) is 36.0 Å². The number of carbonyl (C=O) groups excluding carboxylic acids is 2. The molecule has 0 unspecified atom stereocenters. The first-order chi connectivity index (χ1) is 23.9. The molecular formula is C34H38F3N7O6. The van der Waals surface area contributed by atoms with Crippen molar-refractivity contribution in [3.63, 3.8) is 0 Å². The van der Waals surface area contributed by atoms with Gasteiger partial charge in [-0.05, 0) is 56.9 Å². The average Bonchev–Trinajstić information content (AvgIpc) is 3.08. The molecule has 2 aromatic carbocycles. The van der Waals surface area contributed by atoms with Crippen molar-refractivity contribution in [2.45, 2.75) is 19.7 Å². The number of hydrogen-bond donors (Lipinski definition) is 3. The number of aromatic nitrogens is 3. The molecule has 0 fully saturated rings. The van der Waals surface area contributed by atoms with Crippen LogP contribution in [-0.4, -0.2) is 86.4 Å². The van der Waals surface area contributed by atoms with Crippen LogP contribution >= 0.6 is 0 Å². The molecule has 2 aromatic heterocycles. The highest BCUT2D eigenvalue weighted by atomic mass is 19.4. The molecule has 0 saturated heterocycles. The van der Waals surface area contributed by atoms with E-state index in [1.807, 2.05) is 29.2 Å². The highest BCUT2D eigenvalue weighted by molar-refractivity contribution is 6.01. The normalized spacial score (nSPS) is 11.2. The highest BCUT2D eigenvalue weighted by Gasteiger charge is 2.32. The molecule has 0 saturated carbocycles. The molecule has 4 aromatic rings. The predicted molar refractivity (Wildman–Crippen MR) is 180 cm³/mol. The number of urea groups is 1. The van der Waals surface area contributed by atoms with Gasteiger partial charge in [0.1, 0.15) is 24.7 Å². The first-order valence-electron chi connectivity index (χ1n) is 15.3. The molecule has 50 heavy (non-hydrogen) atoms. The Bertz CT molecular complexity index is 1770. The van der Waals surface area contributed by atoms with E-state index in [-0.39, 0.29) is 42.5 Å². The summed E-state index contributed by atoms with van der Waals surface area (Å²) in [6.07, 6.45) is -1.91. The third kappa shape index (κ3) is 10.8. The summed E-state index contributed by atoms with van der Waals surface area (Å²) in [4.78, 5) is 40.5. The topological polar surface area (TPSA) is 149 Å². The van der Waals surface area contributed by atoms with Crippen molar-refractivity contribution in [1.82, 2.24) is 25.2 Å². The number of methoxy groups -OCH3 is 2. The fraction of sp³-hybridized carbons (Fsp3) is 0.324. The van der Waals surface area contributed by atoms with Crippen molar-refractivity contribution in [2.24, 2.45) is 0 Å². The summed E-state index contributed by atoms with van der Waals surface area (Å²) < 4.78 is 63.0. The summed E-state index contributed by atoms with van der Waals surface area (Å²) in [7, 11) is 6.73. The molecule has 4 rings (SSSR count). The number of alkyl halides is 3. The van der Waals surface area contributed by atoms with Gasteiger partial charge in [-0.25, -0.2) is 19.7 Å². The zero-order valence-corrected chi connectivity index (χ0v) is 28.2. The lowest BCUT2D eigenvalue weighted by Gasteiger charge is -2.15. The number of hydrogen-bond acceptors (Lipinski definition) is 10. The van der Waals surface area contributed by atoms with Crippen LogP contribution in [0.3, 0.4) is 0 Å². The molecule has 3 N–H and O–H groups in total. The maximum Gasteiger partial charge on any atom is 0.416 e. The lowest BCUT2D eigenvalue weighted by atomic mass is 10.1. The second-order valence-electron chi connectivity index (χ2n) is 11.1. The lowest BCUT2D eigenvalue weighted by Crippen LogP contribution is -2.31. The van der Waals surface area contributed by atoms with Gasteiger partial charge in [0, 0.05) is 43.7 Å². The Kier molecular flexibility index (Phi) is 12.9. The molecule has 2 heterocycles. The number of benzene rings is 2. The van der Waals surface area contributed by atoms with Gasteiger partial charge >= 0.3 is 12.2 Å². The van der Waals surface area contributed by atoms with E-state index in [2.05, 4.69) is 30.9 Å². The van der Waals surface area contributed by atoms with Gasteiger partial charge in [0.2, 0.25) is 5.88 Å². The van der Waals surface area contributed by atoms with Gasteiger partial charge in [-0.15, -0.1) is 0 Å². The molecule has 0 aliphatic rings. The van der Waals surface area contributed by atoms with E-state index < -0.39 is 23.7 Å². The third-order valence-electron chi connectivity index (χ3n) is 7.03. The molecule has 266 valence electrons. The smallest absolute Gasteiger partial charge is 0.416 e. The minimum Gasteiger partial charge on any atom is -0.497 e. The predicted octanol–water partition coefficient (Wildman–Crippen LogP) is 5.41. The van der Waals surface area contributed by atoms with E-state index in [4.69, 9.17) is 18.9 Å². The molecule has 0 bridgehead atoms. The monoisotopic (exact) mass is 697 g/mol. The Morgan fingerprint density at radius 1 is 0.920 bits per heavy atom. The summed E-state index contributed by atoms with van der Waals surface area (Å²) in [6.45, 7) is 3.11. The number of pyridine rings is 1. The van der Waals surface area contributed by atoms with Crippen molar-refractivity contribution in [3.05, 3.63) is 83.3 Å². The number of ether oxygens (including phenoxy) is 4. The number of nitrogens with zero attached hydrogens (tertiary/aromatic N) is 4. The Balaban J connectivity index is 1.49. The van der Waals surface area contributed by atoms with Crippen LogP contribution in [0.1, 0.15) is 27.2 Å². The maximum atomic E-state index is 13.6. The van der Waals surface area contributed by atoms with Crippen LogP contribution < -0.4 is 30.2 Å². The molecule has 0 aliphatic heterocycles. The minimum atomic E-state index is -4.76. The van der Waals surface area contributed by atoms with E-state index in [1.165, 1.54) is 12.4 Å². The standard InChI is InChI=1S/C34H38F3N7O6/c1-21-28(43-33(46)42-25-15-23(14-24(16-25)34(35,36)37)32(45)38-10-11-44(2)3)19-40-31(41-21)27-18-39-30(17-29(27)49-13-12-47-4)50-20-22-6-8-26(48-5)9-7-22/h6-9,14-19H,10-13,20H2,1-5H3,(H,38,45)(H2,42,43,46). The molecule has 0 aliphatic carbocycles. The van der Waals surface area contributed by atoms with Gasteiger partial charge < -0.3 is 39.8 Å². The van der Waals surface area contributed by atoms with Gasteiger partial charge in [0.25, 0.3) is 5.91 Å². The molecule has 13 nitrogen and oxygen atoms in total. The van der Waals surface area contributed by atoms with E-state index in [1.54, 1.807) is 41.3 Å². The summed E-state index contributed by atoms with van der Waals surface area (Å²) in [5.74, 6) is 0.929. The molecular weight excluding hydrogens is 659 g/mol. The fourth-order valence-corrected chi connectivity index (χ4v) is 4.39. The average molecular weight is 698 g/mol. The second-order valence-corrected chi connectivity index (χ2v) is 11.1. The Hall–Kier alpha value is -5.48. The quantitative estimate of drug-likeness (QED) is 0.138. The highest BCUT2D eigenvalue weighted by Crippen LogP contribution is 2.33. The van der Waals surface area contributed by atoms with E-state index in [9.17, 15) is 22.8 Å². The fourth-order valence-electron chi connectivity index (χ4n) is 4.39. The summed E-state index contributed by atoms with van der Waals surface area (Å²) in [5.41, 5.74) is 0.297. The van der Waals surface area contributed by atoms with Crippen molar-refractivity contribution in [2.75, 3.05) is 65.3 Å². The second kappa shape index (κ2) is 17.3. The zero-order valence-electron chi connectivity index (χ0n) is 28.2. The first kappa shape index (κ1) is 37.3. The maximum absolute atomic E-state index is 13.6. The number of carbonyl (C=O) groups is 2. The zero-order chi connectivity index (χ0) is 36.3. The summed E-state index contributed by atoms with van der Waals surface area (Å²) >= 11 is 0. The van der Waals surface area contributed by atoms with Gasteiger partial charge in [-0.2, -0.15) is 13.2 Å². The molecule has 0 atom stereocenters. The van der Waals surface area contributed by atoms with Crippen LogP contribution in [0.25, 0.3) is 11.4 Å². The van der Waals surface area contributed by atoms with Gasteiger partial charge in [0.05, 0.1) is 42.4 Å². The number of likely N-dealkylation sites (N-methyl/N-ethyl adjacent to an activating group) is 1. The van der Waals surface area contributed by atoms with Crippen molar-refractivity contribution < 1.29 is 41.7 Å². The number of aryl methyl sites for hydroxylation is 1. The molecule has 0 spiro atoms. The van der Waals surface area contributed by atoms with Gasteiger partial charge in [-0.3, -0.25) is 4.79 Å². The van der Waals surface area contributed by atoms with Crippen molar-refractivity contribution in [1.29, 1.82) is 0 Å². The van der Waals surface area contributed by atoms with Gasteiger partial charge in [0.15, 0.2) is 5.82 Å². The first-order valence-corrected chi connectivity index (χ1v) is 15.3. The number of rotatable bonds is 15. The van der Waals surface area contributed by atoms with E-state index in [0.717, 1.165) is 29.5 Å². The molecule has 3 amide bonds. The number of anilines is 2. The number of amides is 3. The SMILES string of the molecule is COCCOc1cc(OCc2ccc(OC)cc2)ncc1-c1ncc(NC(=O)Nc2cc(C(=O)NCCN(C)C)cc(C(F)(F)F)c2)c(C)n1. The third-order valence-corrected chi connectivity index (χ3v) is 7.03. The summed E-state index contributed by atoms with van der Waals surface area (Å²) in [5, 5.41) is 7.48. The Morgan fingerprint density at radius 2 is 1.68 bits per heavy atom. The number of halogens is 3. The van der Waals surface area contributed by atoms with Crippen LogP contribution in [0.4, 0.5) is 29.3 Å². The Labute approximate surface area is 287 Å². The van der Waals surface area contributed by atoms with Crippen LogP contribution in [0.5, 0.6) is 17.4 Å². The van der Waals surface area contributed by atoms with Crippen molar-refractivity contribution in [3.8, 4) is 28.8 Å². The number of nitrogens with one attached hydrogen (secondary N) is 3. The summed E-state index contributed by atoms with van der Waals surface area (Å²) in [6, 6.07) is 10.8. The van der Waals surface area contributed by atoms with Crippen molar-refractivity contribution >= 4 is 23.3 Å². The Morgan fingerprint density at radius 3 is 2.34 bits per heavy atom. The van der Waals surface area contributed by atoms with Crippen LogP contribution in [0.15, 0.2) is 60.9 Å². The van der Waals surface area contributed by atoms with E-state index >= 15 is 0 Å². The molecule has 16 heteroatoms. The van der Waals surface area contributed by atoms with Crippen LogP contribution in [0.2, 0.25) is 0 Å².